The van der Waals surface area contributed by atoms with Crippen LogP contribution in [0.3, 0.4) is 0 Å². The van der Waals surface area contributed by atoms with Crippen molar-refractivity contribution in [1.29, 1.82) is 0 Å². The van der Waals surface area contributed by atoms with Crippen LogP contribution in [-0.2, 0) is 16.2 Å². The van der Waals surface area contributed by atoms with E-state index in [1.54, 1.807) is 0 Å². The molecule has 4 heteroatoms. The van der Waals surface area contributed by atoms with E-state index in [-0.39, 0.29) is 23.0 Å². The maximum absolute atomic E-state index is 6.55. The topological polar surface area (TPSA) is 19.6 Å². The van der Waals surface area contributed by atoms with E-state index >= 15 is 0 Å². The Morgan fingerprint density at radius 1 is 0.368 bits per heavy atom. The monoisotopic (exact) mass is 880 g/mol. The standard InChI is InChI=1S/C64H57BN2O/c1-62(2,3)42-30-34-52-55(36-42)66(45-32-28-41(29-33-45)47-22-16-25-51-50-20-13-14-27-59(50)68-61(47)51)57-38-44(64(7,8)9)39-58-60(57)65(52)53-35-31-43(63(4,5)6)37-56(53)67(58)54-26-17-23-48-46(21-15-24-49(48)54)40-18-11-10-12-19-40/h10-39H,1-9H3. The van der Waals surface area contributed by atoms with Crippen molar-refractivity contribution in [2.24, 2.45) is 0 Å². The van der Waals surface area contributed by atoms with Crippen molar-refractivity contribution in [3.05, 3.63) is 199 Å². The molecule has 0 fully saturated rings. The molecule has 0 aliphatic carbocycles. The van der Waals surface area contributed by atoms with Crippen LogP contribution < -0.4 is 26.2 Å². The van der Waals surface area contributed by atoms with Crippen LogP contribution in [0.2, 0.25) is 0 Å². The molecular formula is C64H57BN2O. The number of benzene rings is 9. The summed E-state index contributed by atoms with van der Waals surface area (Å²) in [7, 11) is 0. The van der Waals surface area contributed by atoms with E-state index < -0.39 is 0 Å². The van der Waals surface area contributed by atoms with Gasteiger partial charge in [-0.15, -0.1) is 0 Å². The van der Waals surface area contributed by atoms with Crippen molar-refractivity contribution in [3.8, 4) is 22.3 Å². The lowest BCUT2D eigenvalue weighted by Gasteiger charge is -2.46. The summed E-state index contributed by atoms with van der Waals surface area (Å²) in [6.45, 7) is 21.1. The smallest absolute Gasteiger partial charge is 0.252 e. The molecule has 0 amide bonds. The molecule has 9 aromatic carbocycles. The van der Waals surface area contributed by atoms with Crippen LogP contribution in [-0.4, -0.2) is 6.71 Å². The van der Waals surface area contributed by atoms with Gasteiger partial charge >= 0.3 is 0 Å². The lowest BCUT2D eigenvalue weighted by Crippen LogP contribution is -2.61. The Morgan fingerprint density at radius 2 is 0.882 bits per heavy atom. The van der Waals surface area contributed by atoms with Crippen LogP contribution in [0.15, 0.2) is 186 Å². The molecule has 332 valence electrons. The van der Waals surface area contributed by atoms with Gasteiger partial charge in [0.05, 0.1) is 5.69 Å². The van der Waals surface area contributed by atoms with E-state index in [2.05, 4.69) is 248 Å². The molecule has 0 unspecified atom stereocenters. The third-order valence-electron chi connectivity index (χ3n) is 14.7. The number of furan rings is 1. The summed E-state index contributed by atoms with van der Waals surface area (Å²) >= 11 is 0. The Bertz CT molecular complexity index is 3640. The van der Waals surface area contributed by atoms with Crippen LogP contribution in [0.25, 0.3) is 55.0 Å². The second-order valence-corrected chi connectivity index (χ2v) is 22.2. The molecule has 0 atom stereocenters. The minimum Gasteiger partial charge on any atom is -0.455 e. The van der Waals surface area contributed by atoms with Crippen molar-refractivity contribution < 1.29 is 4.42 Å². The zero-order valence-corrected chi connectivity index (χ0v) is 40.7. The Kier molecular flexibility index (Phi) is 9.35. The van der Waals surface area contributed by atoms with E-state index in [4.69, 9.17) is 4.42 Å². The average Bonchev–Trinajstić information content (AvgIpc) is 3.72. The first kappa shape index (κ1) is 42.1. The lowest BCUT2D eigenvalue weighted by molar-refractivity contribution is 0.590. The highest BCUT2D eigenvalue weighted by Crippen LogP contribution is 2.49. The highest BCUT2D eigenvalue weighted by atomic mass is 16.3. The van der Waals surface area contributed by atoms with Crippen molar-refractivity contribution in [2.75, 3.05) is 9.80 Å². The van der Waals surface area contributed by atoms with Gasteiger partial charge < -0.3 is 14.2 Å². The van der Waals surface area contributed by atoms with Gasteiger partial charge in [0.1, 0.15) is 11.2 Å². The van der Waals surface area contributed by atoms with Gasteiger partial charge in [-0.25, -0.2) is 0 Å². The summed E-state index contributed by atoms with van der Waals surface area (Å²) < 4.78 is 6.55. The maximum atomic E-state index is 6.55. The van der Waals surface area contributed by atoms with Crippen LogP contribution in [0.4, 0.5) is 34.1 Å². The Balaban J connectivity index is 1.14. The highest BCUT2D eigenvalue weighted by molar-refractivity contribution is 7.00. The fourth-order valence-corrected chi connectivity index (χ4v) is 11.0. The predicted molar refractivity (Wildman–Crippen MR) is 292 cm³/mol. The normalized spacial score (nSPS) is 13.6. The SMILES string of the molecule is CC(C)(C)c1ccc2c(c1)N(c1ccc(-c3cccc4c3oc3ccccc34)cc1)c1cc(C(C)(C)C)cc3c1B2c1ccc(C(C)(C)C)cc1N3c1cccc2c(-c3ccccc3)cccc12. The minimum absolute atomic E-state index is 0.00868. The van der Waals surface area contributed by atoms with Gasteiger partial charge in [0.2, 0.25) is 0 Å². The lowest BCUT2D eigenvalue weighted by atomic mass is 9.33. The molecule has 0 spiro atoms. The molecule has 0 saturated carbocycles. The van der Waals surface area contributed by atoms with Gasteiger partial charge in [-0.05, 0) is 120 Å². The van der Waals surface area contributed by atoms with Gasteiger partial charge in [0.25, 0.3) is 6.71 Å². The highest BCUT2D eigenvalue weighted by Gasteiger charge is 2.45. The first-order valence-electron chi connectivity index (χ1n) is 24.3. The first-order valence-corrected chi connectivity index (χ1v) is 24.3. The summed E-state index contributed by atoms with van der Waals surface area (Å²) in [6.07, 6.45) is 0. The molecule has 12 rings (SSSR count). The van der Waals surface area contributed by atoms with Crippen molar-refractivity contribution in [2.45, 2.75) is 78.6 Å². The van der Waals surface area contributed by atoms with Crippen LogP contribution in [0.1, 0.15) is 79.0 Å². The number of hydrogen-bond acceptors (Lipinski definition) is 3. The summed E-state index contributed by atoms with van der Waals surface area (Å²) in [5.74, 6) is 0. The van der Waals surface area contributed by atoms with E-state index in [1.807, 2.05) is 6.07 Å². The van der Waals surface area contributed by atoms with Gasteiger partial charge in [0, 0.05) is 50.2 Å². The third kappa shape index (κ3) is 6.63. The second kappa shape index (κ2) is 15.1. The molecular weight excluding hydrogens is 824 g/mol. The maximum Gasteiger partial charge on any atom is 0.252 e. The minimum atomic E-state index is -0.145. The molecule has 2 aliphatic rings. The van der Waals surface area contributed by atoms with E-state index in [1.165, 1.54) is 83.4 Å². The molecule has 0 bridgehead atoms. The molecule has 3 heterocycles. The summed E-state index contributed by atoms with van der Waals surface area (Å²) in [5.41, 5.74) is 21.4. The number of rotatable bonds is 4. The number of hydrogen-bond donors (Lipinski definition) is 0. The molecule has 0 saturated heterocycles. The summed E-state index contributed by atoms with van der Waals surface area (Å²) in [4.78, 5) is 5.19. The molecule has 68 heavy (non-hydrogen) atoms. The summed E-state index contributed by atoms with van der Waals surface area (Å²) in [6, 6.07) is 68.3. The molecule has 10 aromatic rings. The quantitative estimate of drug-likeness (QED) is 0.164. The number of para-hydroxylation sites is 2. The Hall–Kier alpha value is -7.30. The largest absolute Gasteiger partial charge is 0.455 e. The molecule has 0 N–H and O–H groups in total. The zero-order chi connectivity index (χ0) is 46.9. The Labute approximate surface area is 401 Å². The number of fused-ring (bicyclic) bond motifs is 8. The zero-order valence-electron chi connectivity index (χ0n) is 40.7. The fourth-order valence-electron chi connectivity index (χ4n) is 11.0. The van der Waals surface area contributed by atoms with Crippen molar-refractivity contribution >= 4 is 89.9 Å². The van der Waals surface area contributed by atoms with Gasteiger partial charge in [-0.1, -0.05) is 196 Å². The fraction of sp³-hybridized carbons (Fsp3) is 0.188. The molecule has 1 aromatic heterocycles. The molecule has 2 aliphatic heterocycles. The van der Waals surface area contributed by atoms with Gasteiger partial charge in [-0.3, -0.25) is 0 Å². The predicted octanol–water partition coefficient (Wildman–Crippen LogP) is 16.0. The van der Waals surface area contributed by atoms with Crippen LogP contribution >= 0.6 is 0 Å². The van der Waals surface area contributed by atoms with Gasteiger partial charge in [-0.2, -0.15) is 0 Å². The average molecular weight is 881 g/mol. The van der Waals surface area contributed by atoms with Crippen LogP contribution in [0, 0.1) is 0 Å². The first-order chi connectivity index (χ1) is 32.6. The second-order valence-electron chi connectivity index (χ2n) is 22.2. The Morgan fingerprint density at radius 3 is 1.54 bits per heavy atom. The number of nitrogens with zero attached hydrogens (tertiary/aromatic N) is 2. The van der Waals surface area contributed by atoms with E-state index in [9.17, 15) is 0 Å². The van der Waals surface area contributed by atoms with E-state index in [0.29, 0.717) is 0 Å². The number of anilines is 6. The van der Waals surface area contributed by atoms with Crippen LogP contribution in [0.5, 0.6) is 0 Å². The summed E-state index contributed by atoms with van der Waals surface area (Å²) in [5, 5.41) is 4.75. The molecule has 3 nitrogen and oxygen atoms in total. The van der Waals surface area contributed by atoms with E-state index in [0.717, 1.165) is 38.8 Å². The third-order valence-corrected chi connectivity index (χ3v) is 14.7. The molecule has 0 radical (unpaired) electrons. The van der Waals surface area contributed by atoms with Gasteiger partial charge in [0.15, 0.2) is 0 Å². The van der Waals surface area contributed by atoms with Crippen molar-refractivity contribution in [3.63, 3.8) is 0 Å². The van der Waals surface area contributed by atoms with Crippen molar-refractivity contribution in [1.82, 2.24) is 0 Å².